The zero-order valence-electron chi connectivity index (χ0n) is 10.2. The highest BCUT2D eigenvalue weighted by Crippen LogP contribution is 2.18. The molecule has 1 amide bonds. The normalized spacial score (nSPS) is 9.74. The Kier molecular flexibility index (Phi) is 3.93. The molecule has 0 unspecified atom stereocenters. The number of carbonyl (C=O) groups excluding carboxylic acids is 1. The molecule has 0 spiro atoms. The first-order chi connectivity index (χ1) is 9.11. The van der Waals surface area contributed by atoms with E-state index in [-0.39, 0.29) is 5.91 Å². The number of hydrogen-bond acceptors (Lipinski definition) is 3. The molecule has 2 aromatic rings. The highest BCUT2D eigenvalue weighted by Gasteiger charge is 2.14. The molecule has 2 rings (SSSR count). The lowest BCUT2D eigenvalue weighted by Gasteiger charge is -2.16. The van der Waals surface area contributed by atoms with Crippen molar-refractivity contribution in [1.82, 2.24) is 4.98 Å². The number of amides is 1. The first-order valence-corrected chi connectivity index (χ1v) is 6.31. The van der Waals surface area contributed by atoms with Crippen molar-refractivity contribution in [2.45, 2.75) is 0 Å². The van der Waals surface area contributed by atoms with Crippen LogP contribution >= 0.6 is 15.9 Å². The minimum absolute atomic E-state index is 0.216. The van der Waals surface area contributed by atoms with Gasteiger partial charge in [0, 0.05) is 23.4 Å². The molecule has 0 aliphatic carbocycles. The minimum Gasteiger partial charge on any atom is -0.310 e. The van der Waals surface area contributed by atoms with Gasteiger partial charge in [0.2, 0.25) is 0 Å². The van der Waals surface area contributed by atoms with E-state index in [0.29, 0.717) is 11.3 Å². The quantitative estimate of drug-likeness (QED) is 0.856. The zero-order valence-corrected chi connectivity index (χ0v) is 11.8. The molecule has 5 heteroatoms. The van der Waals surface area contributed by atoms with E-state index in [1.807, 2.05) is 30.3 Å². The lowest BCUT2D eigenvalue weighted by Crippen LogP contribution is -2.26. The predicted molar refractivity (Wildman–Crippen MR) is 75.8 cm³/mol. The van der Waals surface area contributed by atoms with E-state index in [1.165, 1.54) is 11.1 Å². The summed E-state index contributed by atoms with van der Waals surface area (Å²) in [7, 11) is 1.69. The Bertz CT molecular complexity index is 629. The number of halogens is 1. The molecule has 0 N–H and O–H groups in total. The molecule has 0 aliphatic heterocycles. The molecular formula is C14H10BrN3O. The van der Waals surface area contributed by atoms with Gasteiger partial charge >= 0.3 is 0 Å². The summed E-state index contributed by atoms with van der Waals surface area (Å²) in [4.78, 5) is 17.7. The largest absolute Gasteiger partial charge is 0.310 e. The fraction of sp³-hybridized carbons (Fsp3) is 0.0714. The van der Waals surface area contributed by atoms with Crippen LogP contribution in [-0.4, -0.2) is 17.9 Å². The van der Waals surface area contributed by atoms with Crippen LogP contribution in [0.3, 0.4) is 0 Å². The van der Waals surface area contributed by atoms with Crippen molar-refractivity contribution in [2.24, 2.45) is 0 Å². The van der Waals surface area contributed by atoms with Crippen LogP contribution in [0.5, 0.6) is 0 Å². The molecule has 0 fully saturated rings. The number of pyridine rings is 1. The third-order valence-corrected chi connectivity index (χ3v) is 3.16. The Morgan fingerprint density at radius 2 is 1.95 bits per heavy atom. The van der Waals surface area contributed by atoms with Crippen LogP contribution in [0.1, 0.15) is 16.1 Å². The Labute approximate surface area is 119 Å². The molecule has 0 saturated carbocycles. The van der Waals surface area contributed by atoms with Gasteiger partial charge in [-0.2, -0.15) is 5.26 Å². The molecule has 1 aromatic carbocycles. The molecule has 94 valence electrons. The zero-order chi connectivity index (χ0) is 13.8. The van der Waals surface area contributed by atoms with Crippen molar-refractivity contribution in [2.75, 3.05) is 11.9 Å². The molecule has 0 radical (unpaired) electrons. The Morgan fingerprint density at radius 1 is 1.26 bits per heavy atom. The van der Waals surface area contributed by atoms with Crippen molar-refractivity contribution in [3.63, 3.8) is 0 Å². The van der Waals surface area contributed by atoms with Crippen LogP contribution in [0.4, 0.5) is 5.69 Å². The van der Waals surface area contributed by atoms with Crippen molar-refractivity contribution < 1.29 is 4.79 Å². The van der Waals surface area contributed by atoms with E-state index >= 15 is 0 Å². The Hall–Kier alpha value is -2.19. The van der Waals surface area contributed by atoms with Gasteiger partial charge in [-0.25, -0.2) is 4.98 Å². The number of nitriles is 1. The number of anilines is 1. The second-order valence-corrected chi connectivity index (χ2v) is 4.80. The van der Waals surface area contributed by atoms with Gasteiger partial charge < -0.3 is 4.90 Å². The Morgan fingerprint density at radius 3 is 2.47 bits per heavy atom. The summed E-state index contributed by atoms with van der Waals surface area (Å²) >= 11 is 3.35. The average Bonchev–Trinajstić information content (AvgIpc) is 2.46. The standard InChI is InChI=1S/C14H10BrN3O/c1-18(12-5-3-11(15)4-6-12)14(19)13-7-2-10(8-16)9-17-13/h2-7,9H,1H3. The van der Waals surface area contributed by atoms with E-state index in [4.69, 9.17) is 5.26 Å². The first-order valence-electron chi connectivity index (χ1n) is 5.51. The molecule has 4 nitrogen and oxygen atoms in total. The molecule has 0 atom stereocenters. The van der Waals surface area contributed by atoms with Crippen molar-refractivity contribution in [3.8, 4) is 6.07 Å². The highest BCUT2D eigenvalue weighted by atomic mass is 79.9. The van der Waals surface area contributed by atoms with Gasteiger partial charge in [0.1, 0.15) is 11.8 Å². The van der Waals surface area contributed by atoms with Gasteiger partial charge in [-0.3, -0.25) is 4.79 Å². The molecule has 1 aromatic heterocycles. The SMILES string of the molecule is CN(C(=O)c1ccc(C#N)cn1)c1ccc(Br)cc1. The van der Waals surface area contributed by atoms with Crippen molar-refractivity contribution in [1.29, 1.82) is 5.26 Å². The summed E-state index contributed by atoms with van der Waals surface area (Å²) in [6.45, 7) is 0. The molecule has 0 saturated heterocycles. The van der Waals surface area contributed by atoms with E-state index in [2.05, 4.69) is 20.9 Å². The van der Waals surface area contributed by atoms with Gasteiger partial charge in [-0.15, -0.1) is 0 Å². The molecule has 0 bridgehead atoms. The van der Waals surface area contributed by atoms with E-state index in [9.17, 15) is 4.79 Å². The first kappa shape index (κ1) is 13.2. The molecule has 1 heterocycles. The summed E-state index contributed by atoms with van der Waals surface area (Å²) < 4.78 is 0.952. The monoisotopic (exact) mass is 315 g/mol. The number of carbonyl (C=O) groups is 1. The lowest BCUT2D eigenvalue weighted by atomic mass is 10.2. The van der Waals surface area contributed by atoms with Crippen LogP contribution in [0.15, 0.2) is 47.1 Å². The summed E-state index contributed by atoms with van der Waals surface area (Å²) in [6.07, 6.45) is 1.39. The summed E-state index contributed by atoms with van der Waals surface area (Å²) in [6, 6.07) is 12.5. The maximum Gasteiger partial charge on any atom is 0.276 e. The van der Waals surface area contributed by atoms with Crippen LogP contribution in [0.2, 0.25) is 0 Å². The van der Waals surface area contributed by atoms with E-state index < -0.39 is 0 Å². The predicted octanol–water partition coefficient (Wildman–Crippen LogP) is 2.99. The fourth-order valence-corrected chi connectivity index (χ4v) is 1.80. The number of aromatic nitrogens is 1. The van der Waals surface area contributed by atoms with E-state index in [1.54, 1.807) is 19.2 Å². The van der Waals surface area contributed by atoms with Gasteiger partial charge in [-0.05, 0) is 36.4 Å². The number of nitrogens with zero attached hydrogens (tertiary/aromatic N) is 3. The number of benzene rings is 1. The smallest absolute Gasteiger partial charge is 0.276 e. The van der Waals surface area contributed by atoms with Gasteiger partial charge in [0.15, 0.2) is 0 Å². The van der Waals surface area contributed by atoms with Crippen LogP contribution in [-0.2, 0) is 0 Å². The second kappa shape index (κ2) is 5.63. The lowest BCUT2D eigenvalue weighted by molar-refractivity contribution is 0.0988. The van der Waals surface area contributed by atoms with Crippen LogP contribution < -0.4 is 4.90 Å². The summed E-state index contributed by atoms with van der Waals surface area (Å²) in [5.74, 6) is -0.216. The van der Waals surface area contributed by atoms with Crippen molar-refractivity contribution in [3.05, 3.63) is 58.3 Å². The van der Waals surface area contributed by atoms with Gasteiger partial charge in [-0.1, -0.05) is 15.9 Å². The van der Waals surface area contributed by atoms with Gasteiger partial charge in [0.05, 0.1) is 5.56 Å². The maximum absolute atomic E-state index is 12.2. The minimum atomic E-state index is -0.216. The second-order valence-electron chi connectivity index (χ2n) is 3.88. The summed E-state index contributed by atoms with van der Waals surface area (Å²) in [5, 5.41) is 8.69. The number of rotatable bonds is 2. The molecule has 0 aliphatic rings. The number of hydrogen-bond donors (Lipinski definition) is 0. The summed E-state index contributed by atoms with van der Waals surface area (Å²) in [5.41, 5.74) is 1.52. The highest BCUT2D eigenvalue weighted by molar-refractivity contribution is 9.10. The van der Waals surface area contributed by atoms with Crippen LogP contribution in [0, 0.1) is 11.3 Å². The van der Waals surface area contributed by atoms with Crippen molar-refractivity contribution >= 4 is 27.5 Å². The average molecular weight is 316 g/mol. The maximum atomic E-state index is 12.2. The van der Waals surface area contributed by atoms with Gasteiger partial charge in [0.25, 0.3) is 5.91 Å². The third-order valence-electron chi connectivity index (χ3n) is 2.63. The molecule has 19 heavy (non-hydrogen) atoms. The van der Waals surface area contributed by atoms with E-state index in [0.717, 1.165) is 10.2 Å². The molecular weight excluding hydrogens is 306 g/mol. The topological polar surface area (TPSA) is 57.0 Å². The third kappa shape index (κ3) is 2.98. The Balaban J connectivity index is 2.23. The fourth-order valence-electron chi connectivity index (χ4n) is 1.54. The van der Waals surface area contributed by atoms with Crippen LogP contribution in [0.25, 0.3) is 0 Å².